The molecule has 0 aliphatic rings. The lowest BCUT2D eigenvalue weighted by Gasteiger charge is -2.09. The van der Waals surface area contributed by atoms with Crippen molar-refractivity contribution in [1.82, 2.24) is 10.2 Å². The summed E-state index contributed by atoms with van der Waals surface area (Å²) in [5.74, 6) is -0.721. The van der Waals surface area contributed by atoms with Crippen molar-refractivity contribution in [3.63, 3.8) is 0 Å². The van der Waals surface area contributed by atoms with Crippen LogP contribution in [0.4, 0.5) is 14.5 Å². The summed E-state index contributed by atoms with van der Waals surface area (Å²) in [5.41, 5.74) is 0.464. The largest absolute Gasteiger partial charge is 0.434 e. The SMILES string of the molecule is O=C(Nc1cn[nH]c1)c1ccccc1OC(F)F. The Bertz CT molecular complexity index is 529. The fraction of sp³-hybridized carbons (Fsp3) is 0.0909. The Morgan fingerprint density at radius 1 is 1.39 bits per heavy atom. The van der Waals surface area contributed by atoms with Crippen LogP contribution in [0.2, 0.25) is 0 Å². The molecule has 2 N–H and O–H groups in total. The van der Waals surface area contributed by atoms with E-state index in [1.807, 2.05) is 0 Å². The highest BCUT2D eigenvalue weighted by atomic mass is 19.3. The smallest absolute Gasteiger partial charge is 0.387 e. The molecule has 1 aromatic carbocycles. The summed E-state index contributed by atoms with van der Waals surface area (Å²) < 4.78 is 28.6. The van der Waals surface area contributed by atoms with Gasteiger partial charge < -0.3 is 10.1 Å². The van der Waals surface area contributed by atoms with Crippen molar-refractivity contribution >= 4 is 11.6 Å². The summed E-state index contributed by atoms with van der Waals surface area (Å²) in [6.45, 7) is -2.98. The lowest BCUT2D eigenvalue weighted by Crippen LogP contribution is -2.14. The molecule has 1 amide bonds. The van der Waals surface area contributed by atoms with Crippen LogP contribution in [-0.2, 0) is 0 Å². The van der Waals surface area contributed by atoms with E-state index in [9.17, 15) is 13.6 Å². The van der Waals surface area contributed by atoms with E-state index < -0.39 is 12.5 Å². The highest BCUT2D eigenvalue weighted by Gasteiger charge is 2.15. The zero-order valence-electron chi connectivity index (χ0n) is 9.06. The zero-order valence-corrected chi connectivity index (χ0v) is 9.06. The normalized spacial score (nSPS) is 10.4. The Hall–Kier alpha value is -2.44. The molecule has 1 aromatic heterocycles. The molecule has 0 atom stereocenters. The summed E-state index contributed by atoms with van der Waals surface area (Å²) in [6.07, 6.45) is 2.86. The number of rotatable bonds is 4. The van der Waals surface area contributed by atoms with Crippen molar-refractivity contribution in [2.45, 2.75) is 6.61 Å². The van der Waals surface area contributed by atoms with Crippen molar-refractivity contribution in [3.05, 3.63) is 42.2 Å². The number of anilines is 1. The molecule has 0 saturated heterocycles. The van der Waals surface area contributed by atoms with Gasteiger partial charge in [-0.05, 0) is 12.1 Å². The lowest BCUT2D eigenvalue weighted by atomic mass is 10.2. The van der Waals surface area contributed by atoms with Crippen LogP contribution in [0.25, 0.3) is 0 Å². The van der Waals surface area contributed by atoms with Crippen LogP contribution in [0, 0.1) is 0 Å². The van der Waals surface area contributed by atoms with Gasteiger partial charge in [0.05, 0.1) is 17.4 Å². The number of para-hydroxylation sites is 1. The van der Waals surface area contributed by atoms with E-state index in [-0.39, 0.29) is 11.3 Å². The molecule has 0 spiro atoms. The van der Waals surface area contributed by atoms with E-state index in [2.05, 4.69) is 20.3 Å². The molecule has 0 saturated carbocycles. The number of hydrogen-bond acceptors (Lipinski definition) is 3. The van der Waals surface area contributed by atoms with Crippen LogP contribution in [0.1, 0.15) is 10.4 Å². The fourth-order valence-corrected chi connectivity index (χ4v) is 1.37. The van der Waals surface area contributed by atoms with Crippen molar-refractivity contribution in [3.8, 4) is 5.75 Å². The van der Waals surface area contributed by atoms with Gasteiger partial charge in [0.15, 0.2) is 0 Å². The molecule has 0 radical (unpaired) electrons. The number of aromatic amines is 1. The maximum Gasteiger partial charge on any atom is 0.387 e. The third-order valence-electron chi connectivity index (χ3n) is 2.10. The number of ether oxygens (including phenoxy) is 1. The second-order valence-corrected chi connectivity index (χ2v) is 3.32. The molecule has 0 bridgehead atoms. The van der Waals surface area contributed by atoms with Crippen LogP contribution in [0.5, 0.6) is 5.75 Å². The molecular weight excluding hydrogens is 244 g/mol. The predicted octanol–water partition coefficient (Wildman–Crippen LogP) is 2.26. The van der Waals surface area contributed by atoms with E-state index in [1.54, 1.807) is 6.07 Å². The van der Waals surface area contributed by atoms with E-state index in [0.29, 0.717) is 5.69 Å². The van der Waals surface area contributed by atoms with Gasteiger partial charge >= 0.3 is 6.61 Å². The van der Waals surface area contributed by atoms with E-state index >= 15 is 0 Å². The first-order valence-corrected chi connectivity index (χ1v) is 5.01. The Kier molecular flexibility index (Phi) is 3.52. The second-order valence-electron chi connectivity index (χ2n) is 3.32. The minimum Gasteiger partial charge on any atom is -0.434 e. The molecule has 5 nitrogen and oxygen atoms in total. The quantitative estimate of drug-likeness (QED) is 0.878. The van der Waals surface area contributed by atoms with Crippen LogP contribution >= 0.6 is 0 Å². The summed E-state index contributed by atoms with van der Waals surface area (Å²) in [4.78, 5) is 11.8. The number of aromatic nitrogens is 2. The number of carbonyl (C=O) groups excluding carboxylic acids is 1. The maximum absolute atomic E-state index is 12.2. The highest BCUT2D eigenvalue weighted by molar-refractivity contribution is 6.06. The Labute approximate surface area is 101 Å². The number of carbonyl (C=O) groups is 1. The third kappa shape index (κ3) is 2.82. The average molecular weight is 253 g/mol. The van der Waals surface area contributed by atoms with Gasteiger partial charge in [0.25, 0.3) is 5.91 Å². The molecule has 94 valence electrons. The summed E-state index contributed by atoms with van der Waals surface area (Å²) in [5, 5.41) is 8.66. The number of nitrogens with zero attached hydrogens (tertiary/aromatic N) is 1. The number of nitrogens with one attached hydrogen (secondary N) is 2. The minimum atomic E-state index is -2.98. The van der Waals surface area contributed by atoms with Gasteiger partial charge in [0, 0.05) is 6.20 Å². The standard InChI is InChI=1S/C11H9F2N3O2/c12-11(13)18-9-4-2-1-3-8(9)10(17)16-7-5-14-15-6-7/h1-6,11H,(H,14,15)(H,16,17). The number of benzene rings is 1. The van der Waals surface area contributed by atoms with Crippen molar-refractivity contribution < 1.29 is 18.3 Å². The number of halogens is 2. The van der Waals surface area contributed by atoms with Gasteiger partial charge in [0.2, 0.25) is 0 Å². The van der Waals surface area contributed by atoms with Gasteiger partial charge in [-0.1, -0.05) is 12.1 Å². The summed E-state index contributed by atoms with van der Waals surface area (Å²) in [7, 11) is 0. The van der Waals surface area contributed by atoms with Crippen molar-refractivity contribution in [1.29, 1.82) is 0 Å². The van der Waals surface area contributed by atoms with Gasteiger partial charge in [-0.3, -0.25) is 9.89 Å². The molecule has 0 fully saturated rings. The molecule has 1 heterocycles. The summed E-state index contributed by atoms with van der Waals surface area (Å²) in [6, 6.07) is 5.76. The van der Waals surface area contributed by atoms with Gasteiger partial charge in [-0.15, -0.1) is 0 Å². The molecular formula is C11H9F2N3O2. The minimum absolute atomic E-state index is 0.0269. The molecule has 2 aromatic rings. The second kappa shape index (κ2) is 5.26. The number of hydrogen-bond donors (Lipinski definition) is 2. The molecule has 0 aliphatic carbocycles. The fourth-order valence-electron chi connectivity index (χ4n) is 1.37. The van der Waals surface area contributed by atoms with Crippen LogP contribution in [-0.4, -0.2) is 22.7 Å². The number of alkyl halides is 2. The lowest BCUT2D eigenvalue weighted by molar-refractivity contribution is -0.0501. The Morgan fingerprint density at radius 2 is 2.17 bits per heavy atom. The van der Waals surface area contributed by atoms with Crippen LogP contribution in [0.15, 0.2) is 36.7 Å². The van der Waals surface area contributed by atoms with E-state index in [1.165, 1.54) is 30.6 Å². The predicted molar refractivity (Wildman–Crippen MR) is 59.6 cm³/mol. The first kappa shape index (κ1) is 12.0. The third-order valence-corrected chi connectivity index (χ3v) is 2.10. The first-order valence-electron chi connectivity index (χ1n) is 5.01. The van der Waals surface area contributed by atoms with E-state index in [0.717, 1.165) is 0 Å². The topological polar surface area (TPSA) is 67.0 Å². The van der Waals surface area contributed by atoms with Crippen molar-refractivity contribution in [2.75, 3.05) is 5.32 Å². The highest BCUT2D eigenvalue weighted by Crippen LogP contribution is 2.21. The number of H-pyrrole nitrogens is 1. The molecule has 18 heavy (non-hydrogen) atoms. The molecule has 0 unspecified atom stereocenters. The average Bonchev–Trinajstić information content (AvgIpc) is 2.81. The maximum atomic E-state index is 12.2. The van der Waals surface area contributed by atoms with Crippen LogP contribution < -0.4 is 10.1 Å². The summed E-state index contributed by atoms with van der Waals surface area (Å²) >= 11 is 0. The monoisotopic (exact) mass is 253 g/mol. The van der Waals surface area contributed by atoms with Gasteiger partial charge in [-0.2, -0.15) is 13.9 Å². The van der Waals surface area contributed by atoms with Crippen LogP contribution in [0.3, 0.4) is 0 Å². The molecule has 0 aliphatic heterocycles. The number of amides is 1. The molecule has 2 rings (SSSR count). The Balaban J connectivity index is 2.19. The van der Waals surface area contributed by atoms with Crippen molar-refractivity contribution in [2.24, 2.45) is 0 Å². The first-order chi connectivity index (χ1) is 8.66. The zero-order chi connectivity index (χ0) is 13.0. The van der Waals surface area contributed by atoms with E-state index in [4.69, 9.17) is 0 Å². The Morgan fingerprint density at radius 3 is 2.83 bits per heavy atom. The molecule has 7 heteroatoms. The van der Waals surface area contributed by atoms with Gasteiger partial charge in [0.1, 0.15) is 5.75 Å². The van der Waals surface area contributed by atoms with Gasteiger partial charge in [-0.25, -0.2) is 0 Å².